The molecule has 0 N–H and O–H groups in total. The first-order chi connectivity index (χ1) is 12.0. The summed E-state index contributed by atoms with van der Waals surface area (Å²) in [5.41, 5.74) is -0.307. The third kappa shape index (κ3) is 2.55. The van der Waals surface area contributed by atoms with Crippen LogP contribution in [0, 0.1) is 5.82 Å². The lowest BCUT2D eigenvalue weighted by Crippen LogP contribution is -2.40. The van der Waals surface area contributed by atoms with Crippen LogP contribution < -0.4 is 4.90 Å². The van der Waals surface area contributed by atoms with E-state index in [9.17, 15) is 14.0 Å². The normalized spacial score (nSPS) is 22.5. The molecule has 0 bridgehead atoms. The SMILES string of the molecule is O=C1C[C@]2(CC(c3ccccc3F)=NO2)C(=O)N1c1ccc(Br)cc1. The first-order valence-corrected chi connectivity index (χ1v) is 8.42. The third-order valence-corrected chi connectivity index (χ3v) is 4.86. The lowest BCUT2D eigenvalue weighted by atomic mass is 9.92. The fourth-order valence-corrected chi connectivity index (χ4v) is 3.36. The summed E-state index contributed by atoms with van der Waals surface area (Å²) in [4.78, 5) is 31.8. The molecule has 4 rings (SSSR count). The summed E-state index contributed by atoms with van der Waals surface area (Å²) >= 11 is 3.32. The second kappa shape index (κ2) is 5.77. The van der Waals surface area contributed by atoms with Crippen LogP contribution >= 0.6 is 15.9 Å². The molecule has 7 heteroatoms. The maximum Gasteiger partial charge on any atom is 0.281 e. The molecular weight excluding hydrogens is 391 g/mol. The van der Waals surface area contributed by atoms with Crippen molar-refractivity contribution in [2.75, 3.05) is 4.90 Å². The van der Waals surface area contributed by atoms with Crippen LogP contribution in [-0.2, 0) is 14.4 Å². The van der Waals surface area contributed by atoms with Gasteiger partial charge in [0.05, 0.1) is 17.8 Å². The van der Waals surface area contributed by atoms with Crippen LogP contribution in [0.5, 0.6) is 0 Å². The molecule has 0 aromatic heterocycles. The Hall–Kier alpha value is -2.54. The Balaban J connectivity index is 1.63. The zero-order valence-corrected chi connectivity index (χ0v) is 14.5. The van der Waals surface area contributed by atoms with Gasteiger partial charge in [-0.15, -0.1) is 0 Å². The maximum atomic E-state index is 14.0. The number of hydrogen-bond acceptors (Lipinski definition) is 4. The zero-order valence-electron chi connectivity index (χ0n) is 12.9. The van der Waals surface area contributed by atoms with E-state index in [1.165, 1.54) is 6.07 Å². The van der Waals surface area contributed by atoms with E-state index in [0.29, 0.717) is 11.4 Å². The van der Waals surface area contributed by atoms with Gasteiger partial charge >= 0.3 is 0 Å². The summed E-state index contributed by atoms with van der Waals surface area (Å²) in [6, 6.07) is 13.0. The molecule has 5 nitrogen and oxygen atoms in total. The molecule has 1 atom stereocenters. The van der Waals surface area contributed by atoms with Gasteiger partial charge in [0, 0.05) is 16.5 Å². The molecule has 0 unspecified atom stereocenters. The number of rotatable bonds is 2. The largest absolute Gasteiger partial charge is 0.378 e. The van der Waals surface area contributed by atoms with Crippen LogP contribution in [-0.4, -0.2) is 23.1 Å². The van der Waals surface area contributed by atoms with Gasteiger partial charge in [-0.2, -0.15) is 0 Å². The van der Waals surface area contributed by atoms with Crippen LogP contribution in [0.25, 0.3) is 0 Å². The fraction of sp³-hybridized carbons (Fsp3) is 0.167. The second-order valence-corrected chi connectivity index (χ2v) is 6.88. The van der Waals surface area contributed by atoms with E-state index in [1.807, 2.05) is 0 Å². The van der Waals surface area contributed by atoms with Crippen molar-refractivity contribution in [3.63, 3.8) is 0 Å². The van der Waals surface area contributed by atoms with Crippen molar-refractivity contribution in [3.8, 4) is 0 Å². The Labute approximate surface area is 151 Å². The van der Waals surface area contributed by atoms with E-state index >= 15 is 0 Å². The molecule has 1 spiro atoms. The number of imide groups is 1. The molecule has 0 aliphatic carbocycles. The van der Waals surface area contributed by atoms with Crippen LogP contribution in [0.4, 0.5) is 10.1 Å². The van der Waals surface area contributed by atoms with E-state index in [4.69, 9.17) is 4.84 Å². The molecule has 126 valence electrons. The average Bonchev–Trinajstić information content (AvgIpc) is 3.11. The Bertz CT molecular complexity index is 913. The zero-order chi connectivity index (χ0) is 17.6. The molecule has 2 aliphatic heterocycles. The van der Waals surface area contributed by atoms with Crippen molar-refractivity contribution < 1.29 is 18.8 Å². The van der Waals surface area contributed by atoms with Gasteiger partial charge in [-0.3, -0.25) is 9.59 Å². The molecule has 0 radical (unpaired) electrons. The topological polar surface area (TPSA) is 59.0 Å². The van der Waals surface area contributed by atoms with Gasteiger partial charge in [0.15, 0.2) is 0 Å². The lowest BCUT2D eigenvalue weighted by molar-refractivity contribution is -0.136. The number of hydrogen-bond donors (Lipinski definition) is 0. The van der Waals surface area contributed by atoms with E-state index in [0.717, 1.165) is 9.37 Å². The Morgan fingerprint density at radius 2 is 1.80 bits per heavy atom. The van der Waals surface area contributed by atoms with Gasteiger partial charge in [0.2, 0.25) is 11.5 Å². The number of nitrogens with zero attached hydrogens (tertiary/aromatic N) is 2. The number of amides is 2. The van der Waals surface area contributed by atoms with Crippen LogP contribution in [0.15, 0.2) is 58.2 Å². The fourth-order valence-electron chi connectivity index (χ4n) is 3.09. The second-order valence-electron chi connectivity index (χ2n) is 5.97. The summed E-state index contributed by atoms with van der Waals surface area (Å²) in [6.45, 7) is 0. The predicted octanol–water partition coefficient (Wildman–Crippen LogP) is 3.41. The molecular formula is C18H12BrFN2O3. The number of anilines is 1. The minimum atomic E-state index is -1.39. The Kier molecular flexibility index (Phi) is 3.68. The van der Waals surface area contributed by atoms with Crippen LogP contribution in [0.3, 0.4) is 0 Å². The first-order valence-electron chi connectivity index (χ1n) is 7.63. The highest BCUT2D eigenvalue weighted by molar-refractivity contribution is 9.10. The third-order valence-electron chi connectivity index (χ3n) is 4.33. The number of carbonyl (C=O) groups is 2. The molecule has 25 heavy (non-hydrogen) atoms. The Morgan fingerprint density at radius 1 is 1.08 bits per heavy atom. The number of oxime groups is 1. The highest BCUT2D eigenvalue weighted by atomic mass is 79.9. The van der Waals surface area contributed by atoms with E-state index in [1.54, 1.807) is 42.5 Å². The van der Waals surface area contributed by atoms with E-state index < -0.39 is 17.3 Å². The van der Waals surface area contributed by atoms with Gasteiger partial charge < -0.3 is 4.84 Å². The molecule has 2 amide bonds. The standard InChI is InChI=1S/C18H12BrFN2O3/c19-11-5-7-12(8-6-11)22-16(23)10-18(17(22)24)9-15(21-25-18)13-3-1-2-4-14(13)20/h1-8H,9-10H2/t18-/m1/s1. The highest BCUT2D eigenvalue weighted by Gasteiger charge is 2.58. The summed E-state index contributed by atoms with van der Waals surface area (Å²) < 4.78 is 14.8. The van der Waals surface area contributed by atoms with Gasteiger partial charge in [0.1, 0.15) is 5.82 Å². The highest BCUT2D eigenvalue weighted by Crippen LogP contribution is 2.39. The number of halogens is 2. The molecule has 2 aromatic rings. The van der Waals surface area contributed by atoms with E-state index in [2.05, 4.69) is 21.1 Å². The monoisotopic (exact) mass is 402 g/mol. The molecule has 2 aromatic carbocycles. The van der Waals surface area contributed by atoms with Crippen molar-refractivity contribution in [1.82, 2.24) is 0 Å². The van der Waals surface area contributed by atoms with Crippen molar-refractivity contribution in [3.05, 3.63) is 64.4 Å². The quantitative estimate of drug-likeness (QED) is 0.723. The smallest absolute Gasteiger partial charge is 0.281 e. The van der Waals surface area contributed by atoms with E-state index in [-0.39, 0.29) is 24.3 Å². The van der Waals surface area contributed by atoms with Crippen molar-refractivity contribution in [2.45, 2.75) is 18.4 Å². The summed E-state index contributed by atoms with van der Waals surface area (Å²) in [7, 11) is 0. The van der Waals surface area contributed by atoms with Crippen molar-refractivity contribution >= 4 is 39.1 Å². The maximum absolute atomic E-state index is 14.0. The molecule has 1 fully saturated rings. The number of carbonyl (C=O) groups excluding carboxylic acids is 2. The predicted molar refractivity (Wildman–Crippen MR) is 92.6 cm³/mol. The molecule has 0 saturated carbocycles. The summed E-state index contributed by atoms with van der Waals surface area (Å²) in [5, 5.41) is 3.90. The average molecular weight is 403 g/mol. The van der Waals surface area contributed by atoms with Crippen molar-refractivity contribution in [2.24, 2.45) is 5.16 Å². The minimum absolute atomic E-state index is 0.0610. The van der Waals surface area contributed by atoms with Crippen LogP contribution in [0.1, 0.15) is 18.4 Å². The van der Waals surface area contributed by atoms with Gasteiger partial charge in [-0.25, -0.2) is 9.29 Å². The van der Waals surface area contributed by atoms with Gasteiger partial charge in [0.25, 0.3) is 5.91 Å². The minimum Gasteiger partial charge on any atom is -0.378 e. The molecule has 2 heterocycles. The molecule has 2 aliphatic rings. The molecule has 1 saturated heterocycles. The Morgan fingerprint density at radius 3 is 2.52 bits per heavy atom. The first kappa shape index (κ1) is 16.0. The van der Waals surface area contributed by atoms with Gasteiger partial charge in [-0.05, 0) is 30.3 Å². The van der Waals surface area contributed by atoms with Crippen molar-refractivity contribution in [1.29, 1.82) is 0 Å². The number of benzene rings is 2. The summed E-state index contributed by atoms with van der Waals surface area (Å²) in [6.07, 6.45) is -0.0606. The van der Waals surface area contributed by atoms with Crippen LogP contribution in [0.2, 0.25) is 0 Å². The van der Waals surface area contributed by atoms with Gasteiger partial charge in [-0.1, -0.05) is 39.3 Å². The summed E-state index contributed by atoms with van der Waals surface area (Å²) in [5.74, 6) is -1.28. The lowest BCUT2D eigenvalue weighted by Gasteiger charge is -2.19.